The number of nitrogens with one attached hydrogen (secondary N) is 1. The molecule has 0 spiro atoms. The van der Waals surface area contributed by atoms with Gasteiger partial charge in [0.25, 0.3) is 11.8 Å². The predicted molar refractivity (Wildman–Crippen MR) is 90.6 cm³/mol. The molecule has 0 bridgehead atoms. The molecule has 1 unspecified atom stereocenters. The number of carbonyl (C=O) groups excluding carboxylic acids is 3. The highest BCUT2D eigenvalue weighted by atomic mass is 31.2. The number of rotatable bonds is 14. The Bertz CT molecular complexity index is 548. The SMILES string of the molecule is COOP(=O)(OC)OCCCCCCNC(=O)CCN1C(=O)C=CC1=O. The van der Waals surface area contributed by atoms with Gasteiger partial charge in [0.1, 0.15) is 0 Å². The molecule has 3 amide bonds. The fraction of sp³-hybridized carbons (Fsp3) is 0.667. The molecule has 1 heterocycles. The molecule has 0 aromatic rings. The van der Waals surface area contributed by atoms with E-state index in [1.807, 2.05) is 0 Å². The molecule has 1 aliphatic rings. The highest BCUT2D eigenvalue weighted by molar-refractivity contribution is 7.48. The Balaban J connectivity index is 2.00. The second-order valence-electron chi connectivity index (χ2n) is 5.38. The van der Waals surface area contributed by atoms with Gasteiger partial charge in [0, 0.05) is 38.8 Å². The van der Waals surface area contributed by atoms with E-state index in [4.69, 9.17) is 4.52 Å². The van der Waals surface area contributed by atoms with Crippen LogP contribution >= 0.6 is 7.82 Å². The van der Waals surface area contributed by atoms with Gasteiger partial charge in [0.2, 0.25) is 5.91 Å². The minimum absolute atomic E-state index is 0.0803. The molecule has 0 aromatic heterocycles. The summed E-state index contributed by atoms with van der Waals surface area (Å²) < 4.78 is 25.8. The number of amides is 3. The van der Waals surface area contributed by atoms with E-state index in [2.05, 4.69) is 19.4 Å². The van der Waals surface area contributed by atoms with Crippen LogP contribution in [-0.4, -0.2) is 56.5 Å². The minimum atomic E-state index is -3.64. The first-order valence-electron chi connectivity index (χ1n) is 8.25. The van der Waals surface area contributed by atoms with Crippen LogP contribution in [0.5, 0.6) is 0 Å². The third-order valence-corrected chi connectivity index (χ3v) is 4.77. The third-order valence-electron chi connectivity index (χ3n) is 3.50. The second-order valence-corrected chi connectivity index (χ2v) is 7.05. The third kappa shape index (κ3) is 8.20. The predicted octanol–water partition coefficient (Wildman–Crippen LogP) is 1.33. The number of phosphoric ester groups is 1. The number of phosphoric acid groups is 1. The average Bonchev–Trinajstić information content (AvgIpc) is 2.93. The summed E-state index contributed by atoms with van der Waals surface area (Å²) in [6.07, 6.45) is 5.55. The van der Waals surface area contributed by atoms with Crippen LogP contribution in [0.2, 0.25) is 0 Å². The van der Waals surface area contributed by atoms with Gasteiger partial charge in [-0.15, -0.1) is 4.67 Å². The van der Waals surface area contributed by atoms with Crippen LogP contribution in [0.25, 0.3) is 0 Å². The van der Waals surface area contributed by atoms with Crippen molar-refractivity contribution in [1.82, 2.24) is 10.2 Å². The van der Waals surface area contributed by atoms with Gasteiger partial charge in [-0.3, -0.25) is 28.3 Å². The summed E-state index contributed by atoms with van der Waals surface area (Å²) in [5.41, 5.74) is 0. The molecule has 0 saturated heterocycles. The summed E-state index contributed by atoms with van der Waals surface area (Å²) in [6.45, 7) is 0.785. The summed E-state index contributed by atoms with van der Waals surface area (Å²) in [5, 5.41) is 2.74. The molecule has 0 aromatic carbocycles. The molecule has 26 heavy (non-hydrogen) atoms. The molecule has 1 N–H and O–H groups in total. The Morgan fingerprint density at radius 3 is 2.38 bits per heavy atom. The lowest BCUT2D eigenvalue weighted by Gasteiger charge is -2.13. The Labute approximate surface area is 152 Å². The van der Waals surface area contributed by atoms with E-state index in [-0.39, 0.29) is 37.3 Å². The van der Waals surface area contributed by atoms with E-state index in [1.165, 1.54) is 26.4 Å². The summed E-state index contributed by atoms with van der Waals surface area (Å²) in [5.74, 6) is -0.989. The van der Waals surface area contributed by atoms with Crippen LogP contribution in [0, 0.1) is 0 Å². The number of hydrogen-bond acceptors (Lipinski definition) is 8. The molecule has 11 heteroatoms. The maximum absolute atomic E-state index is 11.7. The zero-order valence-corrected chi connectivity index (χ0v) is 15.9. The van der Waals surface area contributed by atoms with Crippen molar-refractivity contribution in [2.75, 3.05) is 33.9 Å². The van der Waals surface area contributed by atoms with Crippen molar-refractivity contribution in [3.8, 4) is 0 Å². The van der Waals surface area contributed by atoms with Crippen LogP contribution in [0.4, 0.5) is 0 Å². The van der Waals surface area contributed by atoms with Gasteiger partial charge >= 0.3 is 7.82 Å². The topological polar surface area (TPSA) is 120 Å². The zero-order valence-electron chi connectivity index (χ0n) is 15.0. The number of hydrogen-bond donors (Lipinski definition) is 1. The summed E-state index contributed by atoms with van der Waals surface area (Å²) in [4.78, 5) is 39.7. The minimum Gasteiger partial charge on any atom is -0.356 e. The lowest BCUT2D eigenvalue weighted by molar-refractivity contribution is -0.200. The standard InChI is InChI=1S/C15H25N2O8P/c1-22-25-26(21,23-2)24-12-6-4-3-5-10-16-13(18)9-11-17-14(19)7-8-15(17)20/h7-8H,3-6,9-12H2,1-2H3,(H,16,18). The number of nitrogens with zero attached hydrogens (tertiary/aromatic N) is 1. The fourth-order valence-corrected chi connectivity index (χ4v) is 2.88. The highest BCUT2D eigenvalue weighted by Gasteiger charge is 2.25. The van der Waals surface area contributed by atoms with Crippen LogP contribution in [-0.2, 0) is 37.6 Å². The molecule has 148 valence electrons. The quantitative estimate of drug-likeness (QED) is 0.155. The molecular weight excluding hydrogens is 367 g/mol. The van der Waals surface area contributed by atoms with E-state index in [9.17, 15) is 18.9 Å². The van der Waals surface area contributed by atoms with Crippen molar-refractivity contribution < 1.29 is 37.6 Å². The first-order chi connectivity index (χ1) is 12.4. The van der Waals surface area contributed by atoms with Crippen LogP contribution in [0.3, 0.4) is 0 Å². The van der Waals surface area contributed by atoms with Crippen molar-refractivity contribution in [2.24, 2.45) is 0 Å². The van der Waals surface area contributed by atoms with Gasteiger partial charge in [0.05, 0.1) is 13.7 Å². The Hall–Kier alpha value is -1.58. The van der Waals surface area contributed by atoms with E-state index in [0.717, 1.165) is 24.2 Å². The second kappa shape index (κ2) is 11.9. The molecule has 1 atom stereocenters. The lowest BCUT2D eigenvalue weighted by Crippen LogP contribution is -2.34. The van der Waals surface area contributed by atoms with Crippen LogP contribution in [0.15, 0.2) is 12.2 Å². The van der Waals surface area contributed by atoms with E-state index < -0.39 is 7.82 Å². The van der Waals surface area contributed by atoms with Crippen molar-refractivity contribution in [3.63, 3.8) is 0 Å². The molecule has 0 radical (unpaired) electrons. The van der Waals surface area contributed by atoms with Crippen molar-refractivity contribution in [2.45, 2.75) is 32.1 Å². The smallest absolute Gasteiger partial charge is 0.356 e. The Morgan fingerprint density at radius 2 is 1.77 bits per heavy atom. The Morgan fingerprint density at radius 1 is 1.12 bits per heavy atom. The Kier molecular flexibility index (Phi) is 10.3. The monoisotopic (exact) mass is 392 g/mol. The number of imide groups is 1. The van der Waals surface area contributed by atoms with Crippen LogP contribution < -0.4 is 5.32 Å². The largest absolute Gasteiger partial charge is 0.501 e. The number of carbonyl (C=O) groups is 3. The molecule has 10 nitrogen and oxygen atoms in total. The summed E-state index contributed by atoms with van der Waals surface area (Å²) in [7, 11) is -1.22. The summed E-state index contributed by atoms with van der Waals surface area (Å²) in [6, 6.07) is 0. The number of unbranched alkanes of at least 4 members (excludes halogenated alkanes) is 3. The van der Waals surface area contributed by atoms with E-state index >= 15 is 0 Å². The molecule has 0 aliphatic carbocycles. The normalized spacial score (nSPS) is 16.2. The first kappa shape index (κ1) is 22.5. The molecule has 0 fully saturated rings. The zero-order chi connectivity index (χ0) is 19.4. The summed E-state index contributed by atoms with van der Waals surface area (Å²) >= 11 is 0. The van der Waals surface area contributed by atoms with E-state index in [0.29, 0.717) is 13.0 Å². The van der Waals surface area contributed by atoms with Gasteiger partial charge in [-0.2, -0.15) is 0 Å². The maximum Gasteiger partial charge on any atom is 0.501 e. The van der Waals surface area contributed by atoms with Gasteiger partial charge in [-0.1, -0.05) is 12.8 Å². The van der Waals surface area contributed by atoms with Crippen LogP contribution in [0.1, 0.15) is 32.1 Å². The van der Waals surface area contributed by atoms with Crippen molar-refractivity contribution >= 4 is 25.5 Å². The van der Waals surface area contributed by atoms with Gasteiger partial charge in [-0.25, -0.2) is 9.45 Å². The average molecular weight is 392 g/mol. The lowest BCUT2D eigenvalue weighted by atomic mass is 10.2. The molecule has 1 rings (SSSR count). The van der Waals surface area contributed by atoms with Gasteiger partial charge < -0.3 is 5.32 Å². The van der Waals surface area contributed by atoms with Gasteiger partial charge in [0.15, 0.2) is 0 Å². The van der Waals surface area contributed by atoms with Gasteiger partial charge in [-0.05, 0) is 12.8 Å². The first-order valence-corrected chi connectivity index (χ1v) is 9.71. The molecule has 1 aliphatic heterocycles. The molecular formula is C15H25N2O8P. The maximum atomic E-state index is 11.7. The fourth-order valence-electron chi connectivity index (χ4n) is 2.13. The highest BCUT2D eigenvalue weighted by Crippen LogP contribution is 2.48. The molecule has 0 saturated carbocycles. The van der Waals surface area contributed by atoms with E-state index in [1.54, 1.807) is 0 Å². The van der Waals surface area contributed by atoms with Crippen molar-refractivity contribution in [1.29, 1.82) is 0 Å². The van der Waals surface area contributed by atoms with Crippen molar-refractivity contribution in [3.05, 3.63) is 12.2 Å².